The quantitative estimate of drug-likeness (QED) is 0.700. The van der Waals surface area contributed by atoms with Gasteiger partial charge < -0.3 is 10.8 Å². The normalized spacial score (nSPS) is 11.2. The van der Waals surface area contributed by atoms with E-state index in [2.05, 4.69) is 25.6 Å². The SMILES string of the molecule is Nc1cc(C(=O)O)ccc1S(=O)(=O)Nc1ncc(Br)s1. The number of carboxylic acids is 1. The number of anilines is 2. The highest BCUT2D eigenvalue weighted by Crippen LogP contribution is 2.27. The van der Waals surface area contributed by atoms with Crippen LogP contribution in [0.2, 0.25) is 0 Å². The van der Waals surface area contributed by atoms with Crippen LogP contribution >= 0.6 is 27.3 Å². The smallest absolute Gasteiger partial charge is 0.335 e. The molecule has 1 aromatic heterocycles. The number of aromatic carboxylic acids is 1. The number of thiazole rings is 1. The Hall–Kier alpha value is -1.65. The molecule has 2 aromatic rings. The summed E-state index contributed by atoms with van der Waals surface area (Å²) >= 11 is 4.27. The summed E-state index contributed by atoms with van der Waals surface area (Å²) in [5, 5.41) is 8.99. The Morgan fingerprint density at radius 1 is 1.45 bits per heavy atom. The molecular formula is C10H8BrN3O4S2. The van der Waals surface area contributed by atoms with Crippen molar-refractivity contribution in [3.05, 3.63) is 33.7 Å². The molecule has 0 aliphatic carbocycles. The largest absolute Gasteiger partial charge is 0.478 e. The molecule has 4 N–H and O–H groups in total. The minimum absolute atomic E-state index is 0.0848. The van der Waals surface area contributed by atoms with Gasteiger partial charge >= 0.3 is 5.97 Å². The van der Waals surface area contributed by atoms with E-state index in [4.69, 9.17) is 10.8 Å². The number of aromatic nitrogens is 1. The average Bonchev–Trinajstić information content (AvgIpc) is 2.73. The maximum absolute atomic E-state index is 12.1. The van der Waals surface area contributed by atoms with Crippen molar-refractivity contribution in [2.75, 3.05) is 10.5 Å². The van der Waals surface area contributed by atoms with Gasteiger partial charge in [-0.3, -0.25) is 4.72 Å². The third-order valence-electron chi connectivity index (χ3n) is 2.25. The van der Waals surface area contributed by atoms with E-state index in [0.29, 0.717) is 3.79 Å². The van der Waals surface area contributed by atoms with Crippen molar-refractivity contribution >= 4 is 54.1 Å². The number of rotatable bonds is 4. The number of hydrogen-bond donors (Lipinski definition) is 3. The van der Waals surface area contributed by atoms with E-state index in [0.717, 1.165) is 23.5 Å². The number of carboxylic acid groups (broad SMARTS) is 1. The maximum Gasteiger partial charge on any atom is 0.335 e. The Bertz CT molecular complexity index is 773. The molecule has 20 heavy (non-hydrogen) atoms. The second-order valence-electron chi connectivity index (χ2n) is 3.63. The van der Waals surface area contributed by atoms with E-state index < -0.39 is 16.0 Å². The summed E-state index contributed by atoms with van der Waals surface area (Å²) in [5.41, 5.74) is 5.37. The topological polar surface area (TPSA) is 122 Å². The van der Waals surface area contributed by atoms with Gasteiger partial charge in [-0.05, 0) is 34.1 Å². The molecule has 0 saturated carbocycles. The number of nitrogens with zero attached hydrogens (tertiary/aromatic N) is 1. The van der Waals surface area contributed by atoms with Crippen LogP contribution in [0.3, 0.4) is 0 Å². The number of halogens is 1. The van der Waals surface area contributed by atoms with Gasteiger partial charge in [0.2, 0.25) is 0 Å². The molecule has 0 radical (unpaired) electrons. The van der Waals surface area contributed by atoms with Crippen LogP contribution in [0, 0.1) is 0 Å². The first-order valence-corrected chi connectivity index (χ1v) is 8.16. The second kappa shape index (κ2) is 5.38. The summed E-state index contributed by atoms with van der Waals surface area (Å²) in [6.07, 6.45) is 1.46. The summed E-state index contributed by atoms with van der Waals surface area (Å²) in [5.74, 6) is -1.18. The highest BCUT2D eigenvalue weighted by Gasteiger charge is 2.20. The van der Waals surface area contributed by atoms with E-state index in [-0.39, 0.29) is 21.3 Å². The minimum atomic E-state index is -3.91. The zero-order chi connectivity index (χ0) is 14.9. The fourth-order valence-electron chi connectivity index (χ4n) is 1.40. The summed E-state index contributed by atoms with van der Waals surface area (Å²) in [4.78, 5) is 14.4. The third kappa shape index (κ3) is 3.08. The van der Waals surface area contributed by atoms with E-state index in [1.165, 1.54) is 12.3 Å². The van der Waals surface area contributed by atoms with Gasteiger partial charge in [-0.15, -0.1) is 0 Å². The Kier molecular flexibility index (Phi) is 3.97. The zero-order valence-corrected chi connectivity index (χ0v) is 12.9. The minimum Gasteiger partial charge on any atom is -0.478 e. The van der Waals surface area contributed by atoms with Gasteiger partial charge in [0.25, 0.3) is 10.0 Å². The first-order valence-electron chi connectivity index (χ1n) is 5.06. The van der Waals surface area contributed by atoms with Gasteiger partial charge in [-0.1, -0.05) is 11.3 Å². The van der Waals surface area contributed by atoms with E-state index >= 15 is 0 Å². The van der Waals surface area contributed by atoms with Gasteiger partial charge in [-0.25, -0.2) is 18.2 Å². The highest BCUT2D eigenvalue weighted by atomic mass is 79.9. The summed E-state index contributed by atoms with van der Waals surface area (Å²) in [6, 6.07) is 3.41. The van der Waals surface area contributed by atoms with Crippen molar-refractivity contribution in [3.63, 3.8) is 0 Å². The number of nitrogen functional groups attached to an aromatic ring is 1. The van der Waals surface area contributed by atoms with Crippen LogP contribution in [0.5, 0.6) is 0 Å². The molecule has 2 rings (SSSR count). The maximum atomic E-state index is 12.1. The van der Waals surface area contributed by atoms with Crippen LogP contribution in [0.4, 0.5) is 10.8 Å². The monoisotopic (exact) mass is 377 g/mol. The van der Waals surface area contributed by atoms with Crippen molar-refractivity contribution in [2.24, 2.45) is 0 Å². The molecule has 0 aliphatic heterocycles. The van der Waals surface area contributed by atoms with Crippen molar-refractivity contribution in [1.29, 1.82) is 0 Å². The van der Waals surface area contributed by atoms with Crippen LogP contribution in [0.15, 0.2) is 33.1 Å². The van der Waals surface area contributed by atoms with Crippen LogP contribution in [-0.2, 0) is 10.0 Å². The third-order valence-corrected chi connectivity index (χ3v) is 5.18. The van der Waals surface area contributed by atoms with Gasteiger partial charge in [0, 0.05) is 0 Å². The lowest BCUT2D eigenvalue weighted by Crippen LogP contribution is -2.15. The standard InChI is InChI=1S/C10H8BrN3O4S2/c11-8-4-13-10(19-8)14-20(17,18)7-2-1-5(9(15)16)3-6(7)12/h1-4H,12H2,(H,13,14)(H,15,16). The lowest BCUT2D eigenvalue weighted by Gasteiger charge is -2.08. The summed E-state index contributed by atoms with van der Waals surface area (Å²) in [7, 11) is -3.91. The fourth-order valence-corrected chi connectivity index (χ4v) is 3.86. The Morgan fingerprint density at radius 3 is 2.65 bits per heavy atom. The predicted molar refractivity (Wildman–Crippen MR) is 78.4 cm³/mol. The molecule has 106 valence electrons. The Balaban J connectivity index is 2.37. The van der Waals surface area contributed by atoms with Crippen LogP contribution in [0.25, 0.3) is 0 Å². The average molecular weight is 378 g/mol. The van der Waals surface area contributed by atoms with Crippen molar-refractivity contribution in [2.45, 2.75) is 4.90 Å². The van der Waals surface area contributed by atoms with Crippen molar-refractivity contribution in [3.8, 4) is 0 Å². The molecule has 1 heterocycles. The second-order valence-corrected chi connectivity index (χ2v) is 7.69. The fraction of sp³-hybridized carbons (Fsp3) is 0. The summed E-state index contributed by atoms with van der Waals surface area (Å²) < 4.78 is 27.2. The first-order chi connectivity index (χ1) is 9.29. The van der Waals surface area contributed by atoms with Crippen LogP contribution in [-0.4, -0.2) is 24.5 Å². The molecule has 0 fully saturated rings. The molecule has 1 aromatic carbocycles. The molecule has 0 unspecified atom stereocenters. The van der Waals surface area contributed by atoms with E-state index in [1.54, 1.807) is 0 Å². The molecule has 0 saturated heterocycles. The van der Waals surface area contributed by atoms with Gasteiger partial charge in [0.1, 0.15) is 4.90 Å². The number of nitrogens with two attached hydrogens (primary N) is 1. The zero-order valence-electron chi connectivity index (χ0n) is 9.70. The summed E-state index contributed by atoms with van der Waals surface area (Å²) in [6.45, 7) is 0. The molecule has 7 nitrogen and oxygen atoms in total. The lowest BCUT2D eigenvalue weighted by molar-refractivity contribution is 0.0697. The number of carbonyl (C=O) groups is 1. The van der Waals surface area contributed by atoms with Crippen molar-refractivity contribution < 1.29 is 18.3 Å². The predicted octanol–water partition coefficient (Wildman–Crippen LogP) is 1.99. The first kappa shape index (κ1) is 14.8. The van der Waals surface area contributed by atoms with Crippen LogP contribution < -0.4 is 10.5 Å². The molecular weight excluding hydrogens is 370 g/mol. The number of nitrogens with one attached hydrogen (secondary N) is 1. The number of benzene rings is 1. The lowest BCUT2D eigenvalue weighted by atomic mass is 10.2. The molecule has 0 aliphatic rings. The Labute approximate surface area is 126 Å². The van der Waals surface area contributed by atoms with E-state index in [1.807, 2.05) is 0 Å². The number of sulfonamides is 1. The highest BCUT2D eigenvalue weighted by molar-refractivity contribution is 9.11. The van der Waals surface area contributed by atoms with Gasteiger partial charge in [0.05, 0.1) is 21.2 Å². The molecule has 0 atom stereocenters. The molecule has 0 amide bonds. The Morgan fingerprint density at radius 2 is 2.15 bits per heavy atom. The molecule has 10 heteroatoms. The molecule has 0 bridgehead atoms. The van der Waals surface area contributed by atoms with Gasteiger partial charge in [0.15, 0.2) is 5.13 Å². The number of hydrogen-bond acceptors (Lipinski definition) is 6. The van der Waals surface area contributed by atoms with Crippen molar-refractivity contribution in [1.82, 2.24) is 4.98 Å². The van der Waals surface area contributed by atoms with Crippen LogP contribution in [0.1, 0.15) is 10.4 Å². The van der Waals surface area contributed by atoms with Gasteiger partial charge in [-0.2, -0.15) is 0 Å². The molecule has 0 spiro atoms. The van der Waals surface area contributed by atoms with E-state index in [9.17, 15) is 13.2 Å².